The second-order valence-corrected chi connectivity index (χ2v) is 3.88. The predicted molar refractivity (Wildman–Crippen MR) is 55.1 cm³/mol. The number of aliphatic hydroxyl groups excluding tert-OH is 1. The van der Waals surface area contributed by atoms with E-state index < -0.39 is 36.6 Å². The van der Waals surface area contributed by atoms with E-state index in [1.807, 2.05) is 0 Å². The smallest absolute Gasteiger partial charge is 0.386 e. The molecular formula is C11H11F6NO. The van der Waals surface area contributed by atoms with Gasteiger partial charge in [0.1, 0.15) is 11.9 Å². The SMILES string of the molecule is OC(CNCc1cc(F)cc(C(F)(F)F)c1)C(F)F. The molecule has 0 saturated carbocycles. The summed E-state index contributed by atoms with van der Waals surface area (Å²) in [7, 11) is 0. The number of nitrogens with one attached hydrogen (secondary N) is 1. The van der Waals surface area contributed by atoms with Gasteiger partial charge < -0.3 is 10.4 Å². The molecule has 0 radical (unpaired) electrons. The van der Waals surface area contributed by atoms with E-state index in [0.717, 1.165) is 6.07 Å². The molecule has 0 spiro atoms. The van der Waals surface area contributed by atoms with Crippen LogP contribution in [0.3, 0.4) is 0 Å². The van der Waals surface area contributed by atoms with Crippen LogP contribution in [0.15, 0.2) is 18.2 Å². The molecule has 0 amide bonds. The number of halogens is 6. The molecule has 8 heteroatoms. The van der Waals surface area contributed by atoms with Gasteiger partial charge in [-0.1, -0.05) is 0 Å². The highest BCUT2D eigenvalue weighted by Gasteiger charge is 2.31. The van der Waals surface area contributed by atoms with Crippen LogP contribution in [0.4, 0.5) is 26.3 Å². The van der Waals surface area contributed by atoms with Crippen LogP contribution >= 0.6 is 0 Å². The highest BCUT2D eigenvalue weighted by molar-refractivity contribution is 5.26. The van der Waals surface area contributed by atoms with Crippen LogP contribution in [0.2, 0.25) is 0 Å². The monoisotopic (exact) mass is 287 g/mol. The molecule has 0 aliphatic rings. The first-order chi connectivity index (χ1) is 8.70. The Morgan fingerprint density at radius 1 is 1.16 bits per heavy atom. The molecule has 0 bridgehead atoms. The molecule has 1 unspecified atom stereocenters. The Hall–Kier alpha value is -1.28. The normalized spacial score (nSPS) is 13.9. The van der Waals surface area contributed by atoms with E-state index in [-0.39, 0.29) is 12.1 Å². The molecule has 0 aromatic heterocycles. The molecule has 0 fully saturated rings. The largest absolute Gasteiger partial charge is 0.416 e. The molecule has 0 saturated heterocycles. The third-order valence-electron chi connectivity index (χ3n) is 2.26. The van der Waals surface area contributed by atoms with E-state index in [0.29, 0.717) is 12.1 Å². The molecule has 108 valence electrons. The summed E-state index contributed by atoms with van der Waals surface area (Å²) in [4.78, 5) is 0. The Bertz CT molecular complexity index is 420. The van der Waals surface area contributed by atoms with Crippen molar-refractivity contribution in [1.29, 1.82) is 0 Å². The topological polar surface area (TPSA) is 32.3 Å². The standard InChI is InChI=1S/C11H11F6NO/c12-8-2-6(1-7(3-8)11(15,16)17)4-18-5-9(19)10(13)14/h1-3,9-10,18-19H,4-5H2. The average Bonchev–Trinajstić information content (AvgIpc) is 2.26. The van der Waals surface area contributed by atoms with Crippen LogP contribution in [-0.2, 0) is 12.7 Å². The van der Waals surface area contributed by atoms with Gasteiger partial charge in [-0.2, -0.15) is 13.2 Å². The lowest BCUT2D eigenvalue weighted by molar-refractivity contribution is -0.137. The third-order valence-corrected chi connectivity index (χ3v) is 2.26. The molecule has 0 aliphatic heterocycles. The quantitative estimate of drug-likeness (QED) is 0.816. The summed E-state index contributed by atoms with van der Waals surface area (Å²) in [5.74, 6) is -1.07. The lowest BCUT2D eigenvalue weighted by Crippen LogP contribution is -2.31. The van der Waals surface area contributed by atoms with Gasteiger partial charge in [-0.3, -0.25) is 0 Å². The predicted octanol–water partition coefficient (Wildman–Crippen LogP) is 2.56. The lowest BCUT2D eigenvalue weighted by atomic mass is 10.1. The van der Waals surface area contributed by atoms with Crippen molar-refractivity contribution in [3.8, 4) is 0 Å². The summed E-state index contributed by atoms with van der Waals surface area (Å²) < 4.78 is 74.0. The first-order valence-electron chi connectivity index (χ1n) is 5.23. The van der Waals surface area contributed by atoms with Crippen molar-refractivity contribution in [1.82, 2.24) is 5.32 Å². The fourth-order valence-corrected chi connectivity index (χ4v) is 1.37. The number of benzene rings is 1. The molecule has 0 heterocycles. The summed E-state index contributed by atoms with van der Waals surface area (Å²) in [5.41, 5.74) is -1.20. The molecule has 2 N–H and O–H groups in total. The summed E-state index contributed by atoms with van der Waals surface area (Å²) in [6, 6.07) is 1.92. The fraction of sp³-hybridized carbons (Fsp3) is 0.455. The minimum atomic E-state index is -4.68. The summed E-state index contributed by atoms with van der Waals surface area (Å²) in [6.45, 7) is -0.764. The maximum atomic E-state index is 13.0. The maximum absolute atomic E-state index is 13.0. The second-order valence-electron chi connectivity index (χ2n) is 3.88. The van der Waals surface area contributed by atoms with Crippen molar-refractivity contribution < 1.29 is 31.4 Å². The van der Waals surface area contributed by atoms with Gasteiger partial charge in [0.05, 0.1) is 5.56 Å². The van der Waals surface area contributed by atoms with Crippen LogP contribution in [0.5, 0.6) is 0 Å². The van der Waals surface area contributed by atoms with E-state index in [4.69, 9.17) is 5.11 Å². The van der Waals surface area contributed by atoms with Gasteiger partial charge in [0.2, 0.25) is 0 Å². The number of hydrogen-bond acceptors (Lipinski definition) is 2. The molecule has 1 atom stereocenters. The van der Waals surface area contributed by atoms with Gasteiger partial charge >= 0.3 is 6.18 Å². The number of alkyl halides is 5. The molecule has 1 aromatic carbocycles. The lowest BCUT2D eigenvalue weighted by Gasteiger charge is -2.12. The molecule has 2 nitrogen and oxygen atoms in total. The van der Waals surface area contributed by atoms with Gasteiger partial charge in [-0.25, -0.2) is 13.2 Å². The highest BCUT2D eigenvalue weighted by atomic mass is 19.4. The highest BCUT2D eigenvalue weighted by Crippen LogP contribution is 2.30. The van der Waals surface area contributed by atoms with Crippen molar-refractivity contribution in [2.24, 2.45) is 0 Å². The molecular weight excluding hydrogens is 276 g/mol. The van der Waals surface area contributed by atoms with E-state index in [9.17, 15) is 26.3 Å². The zero-order valence-electron chi connectivity index (χ0n) is 9.52. The maximum Gasteiger partial charge on any atom is 0.416 e. The zero-order valence-corrected chi connectivity index (χ0v) is 9.52. The Labute approximate surface area is 105 Å². The minimum absolute atomic E-state index is 0.0474. The first kappa shape index (κ1) is 15.8. The average molecular weight is 287 g/mol. The second kappa shape index (κ2) is 6.25. The molecule has 1 aromatic rings. The molecule has 1 rings (SSSR count). The van der Waals surface area contributed by atoms with E-state index >= 15 is 0 Å². The fourth-order valence-electron chi connectivity index (χ4n) is 1.37. The number of rotatable bonds is 5. The van der Waals surface area contributed by atoms with Crippen molar-refractivity contribution in [2.75, 3.05) is 6.54 Å². The van der Waals surface area contributed by atoms with Crippen molar-refractivity contribution in [2.45, 2.75) is 25.3 Å². The van der Waals surface area contributed by atoms with Gasteiger partial charge in [0.25, 0.3) is 6.43 Å². The van der Waals surface area contributed by atoms with Crippen LogP contribution in [-0.4, -0.2) is 24.2 Å². The number of hydrogen-bond donors (Lipinski definition) is 2. The van der Waals surface area contributed by atoms with Gasteiger partial charge in [-0.05, 0) is 23.8 Å². The minimum Gasteiger partial charge on any atom is -0.386 e. The van der Waals surface area contributed by atoms with E-state index in [1.54, 1.807) is 0 Å². The Kier molecular flexibility index (Phi) is 5.19. The number of aliphatic hydroxyl groups is 1. The Balaban J connectivity index is 2.67. The van der Waals surface area contributed by atoms with E-state index in [2.05, 4.69) is 5.32 Å². The van der Waals surface area contributed by atoms with Gasteiger partial charge in [0.15, 0.2) is 0 Å². The van der Waals surface area contributed by atoms with Crippen molar-refractivity contribution in [3.63, 3.8) is 0 Å². The Morgan fingerprint density at radius 2 is 1.79 bits per heavy atom. The summed E-state index contributed by atoms with van der Waals surface area (Å²) >= 11 is 0. The van der Waals surface area contributed by atoms with Crippen LogP contribution < -0.4 is 5.32 Å². The first-order valence-corrected chi connectivity index (χ1v) is 5.23. The van der Waals surface area contributed by atoms with Crippen LogP contribution in [0, 0.1) is 5.82 Å². The van der Waals surface area contributed by atoms with Crippen LogP contribution in [0.25, 0.3) is 0 Å². The van der Waals surface area contributed by atoms with Crippen molar-refractivity contribution >= 4 is 0 Å². The van der Waals surface area contributed by atoms with E-state index in [1.165, 1.54) is 0 Å². The summed E-state index contributed by atoms with van der Waals surface area (Å²) in [5, 5.41) is 11.1. The summed E-state index contributed by atoms with van der Waals surface area (Å²) in [6.07, 6.45) is -9.55. The Morgan fingerprint density at radius 3 is 2.32 bits per heavy atom. The zero-order chi connectivity index (χ0) is 14.6. The van der Waals surface area contributed by atoms with Crippen molar-refractivity contribution in [3.05, 3.63) is 35.1 Å². The third kappa shape index (κ3) is 5.07. The molecule has 0 aliphatic carbocycles. The van der Waals surface area contributed by atoms with Gasteiger partial charge in [0, 0.05) is 13.1 Å². The molecule has 19 heavy (non-hydrogen) atoms. The van der Waals surface area contributed by atoms with Crippen LogP contribution in [0.1, 0.15) is 11.1 Å². The van der Waals surface area contributed by atoms with Gasteiger partial charge in [-0.15, -0.1) is 0 Å².